The Morgan fingerprint density at radius 3 is 3.27 bits per heavy atom. The Labute approximate surface area is 91.9 Å². The van der Waals surface area contributed by atoms with Gasteiger partial charge in [0, 0.05) is 19.7 Å². The van der Waals surface area contributed by atoms with Gasteiger partial charge < -0.3 is 10.0 Å². The van der Waals surface area contributed by atoms with E-state index >= 15 is 0 Å². The molecule has 1 aromatic heterocycles. The third-order valence-corrected chi connectivity index (χ3v) is 3.34. The zero-order valence-corrected chi connectivity index (χ0v) is 9.11. The second-order valence-electron chi connectivity index (χ2n) is 3.70. The summed E-state index contributed by atoms with van der Waals surface area (Å²) in [5.41, 5.74) is 0. The van der Waals surface area contributed by atoms with Crippen molar-refractivity contribution in [3.63, 3.8) is 0 Å². The van der Waals surface area contributed by atoms with Crippen molar-refractivity contribution in [2.45, 2.75) is 12.8 Å². The topological polar surface area (TPSA) is 66.3 Å². The molecule has 0 saturated carbocycles. The summed E-state index contributed by atoms with van der Waals surface area (Å²) in [7, 11) is 0. The molecule has 1 fully saturated rings. The lowest BCUT2D eigenvalue weighted by Gasteiger charge is -2.14. The third kappa shape index (κ3) is 2.32. The van der Waals surface area contributed by atoms with Gasteiger partial charge >= 0.3 is 0 Å². The Kier molecular flexibility index (Phi) is 3.27. The molecule has 15 heavy (non-hydrogen) atoms. The van der Waals surface area contributed by atoms with E-state index in [0.29, 0.717) is 10.8 Å². The van der Waals surface area contributed by atoms with Crippen LogP contribution in [0.4, 0.5) is 0 Å². The van der Waals surface area contributed by atoms with Gasteiger partial charge in [-0.05, 0) is 30.3 Å². The summed E-state index contributed by atoms with van der Waals surface area (Å²) in [5.74, 6) is 0.463. The van der Waals surface area contributed by atoms with Crippen LogP contribution in [0.25, 0.3) is 0 Å². The lowest BCUT2D eigenvalue weighted by atomic mass is 10.1. The molecule has 1 N–H and O–H groups in total. The van der Waals surface area contributed by atoms with Gasteiger partial charge in [-0.25, -0.2) is 0 Å². The number of rotatable bonds is 3. The number of aromatic nitrogens is 2. The van der Waals surface area contributed by atoms with Crippen LogP contribution < -0.4 is 0 Å². The fraction of sp³-hybridized carbons (Fsp3) is 0.667. The fourth-order valence-corrected chi connectivity index (χ4v) is 2.34. The van der Waals surface area contributed by atoms with E-state index in [1.165, 1.54) is 6.20 Å². The molecule has 1 saturated heterocycles. The SMILES string of the molecule is O=C(c1cnns1)N1CCC(CCO)C1. The molecule has 1 aliphatic heterocycles. The molecular formula is C9H13N3O2S. The van der Waals surface area contributed by atoms with Gasteiger partial charge in [-0.15, -0.1) is 5.10 Å². The first-order valence-electron chi connectivity index (χ1n) is 4.98. The third-order valence-electron chi connectivity index (χ3n) is 2.68. The van der Waals surface area contributed by atoms with Gasteiger partial charge in [-0.2, -0.15) is 0 Å². The molecule has 6 heteroatoms. The van der Waals surface area contributed by atoms with E-state index in [-0.39, 0.29) is 12.5 Å². The van der Waals surface area contributed by atoms with E-state index < -0.39 is 0 Å². The molecule has 0 spiro atoms. The highest BCUT2D eigenvalue weighted by molar-refractivity contribution is 7.07. The summed E-state index contributed by atoms with van der Waals surface area (Å²) in [6, 6.07) is 0. The number of carbonyl (C=O) groups excluding carboxylic acids is 1. The number of nitrogens with zero attached hydrogens (tertiary/aromatic N) is 3. The van der Waals surface area contributed by atoms with Crippen LogP contribution in [0.3, 0.4) is 0 Å². The van der Waals surface area contributed by atoms with Crippen molar-refractivity contribution < 1.29 is 9.90 Å². The van der Waals surface area contributed by atoms with Gasteiger partial charge in [0.25, 0.3) is 5.91 Å². The summed E-state index contributed by atoms with van der Waals surface area (Å²) >= 11 is 1.13. The number of aliphatic hydroxyl groups excluding tert-OH is 1. The minimum Gasteiger partial charge on any atom is -0.396 e. The van der Waals surface area contributed by atoms with Crippen LogP contribution in [0.1, 0.15) is 22.5 Å². The average Bonchev–Trinajstić information content (AvgIpc) is 2.87. The van der Waals surface area contributed by atoms with E-state index in [1.807, 2.05) is 4.90 Å². The molecule has 82 valence electrons. The van der Waals surface area contributed by atoms with E-state index in [4.69, 9.17) is 5.11 Å². The molecular weight excluding hydrogens is 214 g/mol. The summed E-state index contributed by atoms with van der Waals surface area (Å²) in [6.45, 7) is 1.73. The zero-order chi connectivity index (χ0) is 10.7. The van der Waals surface area contributed by atoms with Gasteiger partial charge in [0.05, 0.1) is 6.20 Å². The lowest BCUT2D eigenvalue weighted by molar-refractivity contribution is 0.0789. The number of amides is 1. The van der Waals surface area contributed by atoms with Gasteiger partial charge in [0.15, 0.2) is 0 Å². The van der Waals surface area contributed by atoms with Crippen LogP contribution in [0.2, 0.25) is 0 Å². The van der Waals surface area contributed by atoms with Crippen molar-refractivity contribution in [3.05, 3.63) is 11.1 Å². The van der Waals surface area contributed by atoms with Crippen molar-refractivity contribution >= 4 is 17.4 Å². The van der Waals surface area contributed by atoms with E-state index in [0.717, 1.165) is 37.5 Å². The normalized spacial score (nSPS) is 20.9. The molecule has 0 radical (unpaired) electrons. The van der Waals surface area contributed by atoms with E-state index in [1.54, 1.807) is 0 Å². The predicted octanol–water partition coefficient (Wildman–Crippen LogP) is 0.383. The van der Waals surface area contributed by atoms with Crippen LogP contribution in [0, 0.1) is 5.92 Å². The van der Waals surface area contributed by atoms with Crippen molar-refractivity contribution in [1.29, 1.82) is 0 Å². The van der Waals surface area contributed by atoms with E-state index in [9.17, 15) is 4.79 Å². The second kappa shape index (κ2) is 4.67. The highest BCUT2D eigenvalue weighted by Crippen LogP contribution is 2.21. The number of hydrogen-bond acceptors (Lipinski definition) is 5. The highest BCUT2D eigenvalue weighted by Gasteiger charge is 2.27. The van der Waals surface area contributed by atoms with Gasteiger partial charge in [0.2, 0.25) is 0 Å². The molecule has 1 amide bonds. The Bertz CT molecular complexity index is 328. The Morgan fingerprint density at radius 2 is 2.60 bits per heavy atom. The first-order valence-corrected chi connectivity index (χ1v) is 5.76. The van der Waals surface area contributed by atoms with Crippen LogP contribution in [0.5, 0.6) is 0 Å². The minimum atomic E-state index is 0.0189. The largest absolute Gasteiger partial charge is 0.396 e. The molecule has 1 aliphatic rings. The predicted molar refractivity (Wildman–Crippen MR) is 55.6 cm³/mol. The average molecular weight is 227 g/mol. The number of carbonyl (C=O) groups is 1. The minimum absolute atomic E-state index is 0.0189. The van der Waals surface area contributed by atoms with Gasteiger partial charge in [-0.3, -0.25) is 4.79 Å². The quantitative estimate of drug-likeness (QED) is 0.810. The first kappa shape index (κ1) is 10.5. The standard InChI is InChI=1S/C9H13N3O2S/c13-4-2-7-1-3-12(6-7)9(14)8-5-10-11-15-8/h5,7,13H,1-4,6H2. The van der Waals surface area contributed by atoms with Crippen molar-refractivity contribution in [2.24, 2.45) is 5.92 Å². The number of hydrogen-bond donors (Lipinski definition) is 1. The lowest BCUT2D eigenvalue weighted by Crippen LogP contribution is -2.28. The van der Waals surface area contributed by atoms with Crippen molar-refractivity contribution in [1.82, 2.24) is 14.5 Å². The first-order chi connectivity index (χ1) is 7.31. The summed E-state index contributed by atoms with van der Waals surface area (Å²) in [4.78, 5) is 14.3. The van der Waals surface area contributed by atoms with Crippen molar-refractivity contribution in [2.75, 3.05) is 19.7 Å². The van der Waals surface area contributed by atoms with Crippen molar-refractivity contribution in [3.8, 4) is 0 Å². The van der Waals surface area contributed by atoms with Gasteiger partial charge in [-0.1, -0.05) is 4.49 Å². The summed E-state index contributed by atoms with van der Waals surface area (Å²) in [5, 5.41) is 12.5. The molecule has 1 aromatic rings. The molecule has 0 bridgehead atoms. The van der Waals surface area contributed by atoms with Crippen LogP contribution >= 0.6 is 11.5 Å². The molecule has 0 aliphatic carbocycles. The summed E-state index contributed by atoms with van der Waals surface area (Å²) < 4.78 is 3.67. The molecule has 0 aromatic carbocycles. The Balaban J connectivity index is 1.93. The molecule has 1 unspecified atom stereocenters. The Hall–Kier alpha value is -1.01. The van der Waals surface area contributed by atoms with Crippen LogP contribution in [0.15, 0.2) is 6.20 Å². The second-order valence-corrected chi connectivity index (χ2v) is 4.49. The highest BCUT2D eigenvalue weighted by atomic mass is 32.1. The maximum Gasteiger partial charge on any atom is 0.267 e. The molecule has 5 nitrogen and oxygen atoms in total. The van der Waals surface area contributed by atoms with Crippen LogP contribution in [-0.4, -0.2) is 45.2 Å². The number of aliphatic hydroxyl groups is 1. The molecule has 1 atom stereocenters. The maximum atomic E-state index is 11.9. The smallest absolute Gasteiger partial charge is 0.267 e. The molecule has 2 heterocycles. The fourth-order valence-electron chi connectivity index (χ4n) is 1.85. The molecule has 2 rings (SSSR count). The zero-order valence-electron chi connectivity index (χ0n) is 8.30. The maximum absolute atomic E-state index is 11.9. The Morgan fingerprint density at radius 1 is 1.73 bits per heavy atom. The van der Waals surface area contributed by atoms with Gasteiger partial charge in [0.1, 0.15) is 4.88 Å². The monoisotopic (exact) mass is 227 g/mol. The summed E-state index contributed by atoms with van der Waals surface area (Å²) in [6.07, 6.45) is 3.27. The van der Waals surface area contributed by atoms with Crippen LogP contribution in [-0.2, 0) is 0 Å². The number of likely N-dealkylation sites (tertiary alicyclic amines) is 1. The van der Waals surface area contributed by atoms with E-state index in [2.05, 4.69) is 9.59 Å².